The van der Waals surface area contributed by atoms with Crippen molar-refractivity contribution in [2.45, 2.75) is 245 Å². The van der Waals surface area contributed by atoms with E-state index < -0.39 is 0 Å². The van der Waals surface area contributed by atoms with Crippen molar-refractivity contribution in [1.29, 1.82) is 0 Å². The minimum absolute atomic E-state index is 0.110. The van der Waals surface area contributed by atoms with Gasteiger partial charge in [0.25, 0.3) is 0 Å². The van der Waals surface area contributed by atoms with Crippen LogP contribution in [0.25, 0.3) is 0 Å². The Morgan fingerprint density at radius 2 is 0.490 bits per heavy atom. The van der Waals surface area contributed by atoms with Gasteiger partial charge >= 0.3 is 21.2 Å². The Kier molecular flexibility index (Phi) is 32.8. The zero-order valence-electron chi connectivity index (χ0n) is 34.5. The van der Waals surface area contributed by atoms with Crippen molar-refractivity contribution in [1.82, 2.24) is 0 Å². The molecule has 1 heteroatoms. The number of unbranched alkanes of at least 4 members (excludes halogenated alkanes) is 32. The van der Waals surface area contributed by atoms with Crippen LogP contribution in [0.15, 0.2) is 48.5 Å². The number of hydrogen-bond acceptors (Lipinski definition) is 0. The Morgan fingerprint density at radius 1 is 0.275 bits per heavy atom. The molecule has 0 aliphatic carbocycles. The summed E-state index contributed by atoms with van der Waals surface area (Å²) in [5.74, 6) is 0. The average molecular weight is 814 g/mol. The van der Waals surface area contributed by atoms with Crippen molar-refractivity contribution < 1.29 is 21.2 Å². The fourth-order valence-corrected chi connectivity index (χ4v) is 10.8. The summed E-state index contributed by atoms with van der Waals surface area (Å²) in [5, 5.41) is 0. The SMILES string of the molecule is CCCCCCCCCCCCCCCCCCCc1ccccc1[I+]c1ccccc1CCCCCCCCCCCCCCCCCCC. The smallest absolute Gasteiger partial charge is 0.0654 e. The van der Waals surface area contributed by atoms with Crippen molar-refractivity contribution >= 4 is 0 Å². The van der Waals surface area contributed by atoms with E-state index in [0.717, 1.165) is 0 Å². The minimum atomic E-state index is -0.110. The minimum Gasteiger partial charge on any atom is -0.0654 e. The molecule has 0 saturated heterocycles. The van der Waals surface area contributed by atoms with Gasteiger partial charge in [-0.25, -0.2) is 0 Å². The Labute approximate surface area is 331 Å². The third-order valence-electron chi connectivity index (χ3n) is 11.2. The Morgan fingerprint density at radius 3 is 0.745 bits per heavy atom. The van der Waals surface area contributed by atoms with Crippen molar-refractivity contribution in [3.63, 3.8) is 0 Å². The van der Waals surface area contributed by atoms with Crippen molar-refractivity contribution in [3.05, 3.63) is 66.8 Å². The van der Waals surface area contributed by atoms with Crippen molar-refractivity contribution in [2.75, 3.05) is 0 Å². The van der Waals surface area contributed by atoms with Crippen LogP contribution in [0.2, 0.25) is 0 Å². The second kappa shape index (κ2) is 36.2. The first-order valence-corrected chi connectivity index (χ1v) is 25.3. The zero-order valence-corrected chi connectivity index (χ0v) is 36.6. The highest BCUT2D eigenvalue weighted by Gasteiger charge is 2.22. The van der Waals surface area contributed by atoms with Gasteiger partial charge in [-0.05, 0) is 37.8 Å². The molecular weight excluding hydrogens is 727 g/mol. The number of rotatable bonds is 38. The molecular formula is C50H86I+. The monoisotopic (exact) mass is 814 g/mol. The lowest BCUT2D eigenvalue weighted by Crippen LogP contribution is -3.62. The van der Waals surface area contributed by atoms with Crippen LogP contribution in [0, 0.1) is 7.14 Å². The quantitative estimate of drug-likeness (QED) is 0.0468. The fourth-order valence-electron chi connectivity index (χ4n) is 7.78. The van der Waals surface area contributed by atoms with E-state index in [0.29, 0.717) is 0 Å². The third-order valence-corrected chi connectivity index (χ3v) is 14.5. The Balaban J connectivity index is 1.48. The van der Waals surface area contributed by atoms with E-state index in [1.54, 1.807) is 18.3 Å². The van der Waals surface area contributed by atoms with Gasteiger partial charge in [-0.2, -0.15) is 0 Å². The summed E-state index contributed by atoms with van der Waals surface area (Å²) in [5.41, 5.74) is 3.28. The molecule has 0 spiro atoms. The number of halogens is 1. The number of benzene rings is 2. The molecule has 0 N–H and O–H groups in total. The molecule has 2 aromatic carbocycles. The summed E-state index contributed by atoms with van der Waals surface area (Å²) < 4.78 is 3.34. The van der Waals surface area contributed by atoms with Crippen molar-refractivity contribution in [2.24, 2.45) is 0 Å². The standard InChI is InChI=1S/C50H86I/c1-3-5-7-9-11-13-15-17-19-21-23-25-27-29-31-33-35-41-47-43-37-39-45-49(47)51-50-46-40-38-44-48(50)42-36-34-32-30-28-26-24-22-20-18-16-14-12-10-8-6-4-2/h37-40,43-46H,3-36,41-42H2,1-2H3/q+1. The highest BCUT2D eigenvalue weighted by Crippen LogP contribution is 2.17. The molecule has 0 fully saturated rings. The molecule has 0 aromatic heterocycles. The van der Waals surface area contributed by atoms with Crippen LogP contribution in [0.4, 0.5) is 0 Å². The Hall–Kier alpha value is -0.830. The highest BCUT2D eigenvalue weighted by molar-refractivity contribution is 5.17. The predicted molar refractivity (Wildman–Crippen MR) is 226 cm³/mol. The summed E-state index contributed by atoms with van der Waals surface area (Å²) in [4.78, 5) is 0. The lowest BCUT2D eigenvalue weighted by molar-refractivity contribution is -0.599. The molecule has 0 heterocycles. The third kappa shape index (κ3) is 27.4. The van der Waals surface area contributed by atoms with Gasteiger partial charge < -0.3 is 0 Å². The summed E-state index contributed by atoms with van der Waals surface area (Å²) in [7, 11) is 0. The summed E-state index contributed by atoms with van der Waals surface area (Å²) in [6.07, 6.45) is 51.7. The lowest BCUT2D eigenvalue weighted by atomic mass is 10.0. The molecule has 2 rings (SSSR count). The lowest BCUT2D eigenvalue weighted by Gasteiger charge is -2.05. The molecule has 0 aliphatic heterocycles. The largest absolute Gasteiger partial charge is 0.358 e. The fraction of sp³-hybridized carbons (Fsp3) is 0.760. The van der Waals surface area contributed by atoms with E-state index >= 15 is 0 Å². The molecule has 2 aromatic rings. The first kappa shape index (κ1) is 46.3. The van der Waals surface area contributed by atoms with Crippen LogP contribution in [0.3, 0.4) is 0 Å². The summed E-state index contributed by atoms with van der Waals surface area (Å²) >= 11 is -0.110. The van der Waals surface area contributed by atoms with Gasteiger partial charge in [0.05, 0.1) is 0 Å². The second-order valence-electron chi connectivity index (χ2n) is 16.1. The van der Waals surface area contributed by atoms with E-state index in [9.17, 15) is 0 Å². The topological polar surface area (TPSA) is 0 Å². The molecule has 0 aliphatic rings. The maximum atomic E-state index is 2.45. The van der Waals surface area contributed by atoms with Gasteiger partial charge in [-0.1, -0.05) is 256 Å². The van der Waals surface area contributed by atoms with Crippen LogP contribution < -0.4 is 21.2 Å². The van der Waals surface area contributed by atoms with E-state index in [2.05, 4.69) is 62.4 Å². The van der Waals surface area contributed by atoms with Gasteiger partial charge in [0.2, 0.25) is 0 Å². The molecule has 0 radical (unpaired) electrons. The van der Waals surface area contributed by atoms with Crippen LogP contribution in [0.1, 0.15) is 243 Å². The molecule has 292 valence electrons. The maximum absolute atomic E-state index is 2.45. The summed E-state index contributed by atoms with van der Waals surface area (Å²) in [6, 6.07) is 18.9. The molecule has 0 atom stereocenters. The first-order valence-electron chi connectivity index (χ1n) is 23.2. The molecule has 51 heavy (non-hydrogen) atoms. The zero-order chi connectivity index (χ0) is 36.1. The molecule has 0 saturated carbocycles. The van der Waals surface area contributed by atoms with Crippen LogP contribution >= 0.6 is 0 Å². The Bertz CT molecular complexity index is 915. The van der Waals surface area contributed by atoms with Gasteiger partial charge in [-0.3, -0.25) is 0 Å². The molecule has 0 bridgehead atoms. The maximum Gasteiger partial charge on any atom is 0.358 e. The number of hydrogen-bond donors (Lipinski definition) is 0. The first-order chi connectivity index (χ1) is 25.3. The van der Waals surface area contributed by atoms with Gasteiger partial charge in [-0.15, -0.1) is 0 Å². The van der Waals surface area contributed by atoms with E-state index in [1.165, 1.54) is 231 Å². The molecule has 0 nitrogen and oxygen atoms in total. The van der Waals surface area contributed by atoms with E-state index in [4.69, 9.17) is 0 Å². The van der Waals surface area contributed by atoms with Crippen LogP contribution in [0.5, 0.6) is 0 Å². The van der Waals surface area contributed by atoms with Crippen LogP contribution in [-0.2, 0) is 12.8 Å². The van der Waals surface area contributed by atoms with Crippen molar-refractivity contribution in [3.8, 4) is 0 Å². The van der Waals surface area contributed by atoms with Crippen LogP contribution in [-0.4, -0.2) is 0 Å². The van der Waals surface area contributed by atoms with E-state index in [-0.39, 0.29) is 21.2 Å². The van der Waals surface area contributed by atoms with Gasteiger partial charge in [0.15, 0.2) is 7.14 Å². The normalized spacial score (nSPS) is 11.5. The van der Waals surface area contributed by atoms with E-state index in [1.807, 2.05) is 0 Å². The number of aryl methyl sites for hydroxylation is 2. The van der Waals surface area contributed by atoms with Gasteiger partial charge in [0, 0.05) is 11.1 Å². The second-order valence-corrected chi connectivity index (χ2v) is 19.0. The average Bonchev–Trinajstić information content (AvgIpc) is 3.15. The summed E-state index contributed by atoms with van der Waals surface area (Å²) in [6.45, 7) is 4.62. The predicted octanol–water partition coefficient (Wildman–Crippen LogP) is 14.2. The highest BCUT2D eigenvalue weighted by atomic mass is 127. The molecule has 0 unspecified atom stereocenters. The van der Waals surface area contributed by atoms with Gasteiger partial charge in [0.1, 0.15) is 0 Å². The molecule has 0 amide bonds.